The Labute approximate surface area is 119 Å². The maximum Gasteiger partial charge on any atom is 0.323 e. The molecular weight excluding hydrogens is 258 g/mol. The molecule has 112 valence electrons. The topological polar surface area (TPSA) is 81.2 Å². The Hall–Kier alpha value is -1.63. The molecule has 0 radical (unpaired) electrons. The molecule has 1 aliphatic heterocycles. The highest BCUT2D eigenvalue weighted by Crippen LogP contribution is 2.28. The molecule has 1 aliphatic rings. The average molecular weight is 281 g/mol. The Kier molecular flexibility index (Phi) is 4.59. The Morgan fingerprint density at radius 3 is 2.65 bits per heavy atom. The molecule has 20 heavy (non-hydrogen) atoms. The zero-order chi connectivity index (χ0) is 14.6. The van der Waals surface area contributed by atoms with Crippen molar-refractivity contribution in [1.29, 1.82) is 0 Å². The molecule has 2 rings (SSSR count). The monoisotopic (exact) mass is 281 g/mol. The van der Waals surface area contributed by atoms with Crippen molar-refractivity contribution in [3.63, 3.8) is 0 Å². The summed E-state index contributed by atoms with van der Waals surface area (Å²) in [6, 6.07) is 0.330. The number of aromatic nitrogens is 3. The standard InChI is InChI=1S/C13H23N5O2/c1-5-14-10-15-11(17-12(16-10)19-6-2)18-13(4)7-8-20-9(13)3/h9H,5-8H2,1-4H3,(H2,14,15,16,17,18). The first-order valence-corrected chi connectivity index (χ1v) is 7.10. The van der Waals surface area contributed by atoms with E-state index in [2.05, 4.69) is 39.4 Å². The van der Waals surface area contributed by atoms with Crippen molar-refractivity contribution in [3.8, 4) is 6.01 Å². The highest BCUT2D eigenvalue weighted by Gasteiger charge is 2.37. The minimum Gasteiger partial charge on any atom is -0.464 e. The van der Waals surface area contributed by atoms with Crippen LogP contribution in [0, 0.1) is 0 Å². The largest absolute Gasteiger partial charge is 0.464 e. The fourth-order valence-corrected chi connectivity index (χ4v) is 2.10. The van der Waals surface area contributed by atoms with Crippen molar-refractivity contribution in [3.05, 3.63) is 0 Å². The van der Waals surface area contributed by atoms with E-state index in [1.165, 1.54) is 0 Å². The van der Waals surface area contributed by atoms with Gasteiger partial charge in [-0.15, -0.1) is 0 Å². The predicted molar refractivity (Wildman–Crippen MR) is 77.2 cm³/mol. The number of rotatable bonds is 6. The number of hydrogen-bond donors (Lipinski definition) is 2. The van der Waals surface area contributed by atoms with Crippen molar-refractivity contribution in [2.45, 2.75) is 45.8 Å². The van der Waals surface area contributed by atoms with Gasteiger partial charge in [-0.05, 0) is 34.1 Å². The van der Waals surface area contributed by atoms with Gasteiger partial charge in [0.1, 0.15) is 0 Å². The molecule has 0 aromatic carbocycles. The second-order valence-electron chi connectivity index (χ2n) is 5.03. The van der Waals surface area contributed by atoms with Gasteiger partial charge in [0.15, 0.2) is 0 Å². The molecule has 1 aromatic rings. The van der Waals surface area contributed by atoms with Crippen molar-refractivity contribution in [2.75, 3.05) is 30.4 Å². The molecule has 2 heterocycles. The first kappa shape index (κ1) is 14.8. The average Bonchev–Trinajstić information content (AvgIpc) is 2.69. The van der Waals surface area contributed by atoms with E-state index in [0.717, 1.165) is 19.6 Å². The first-order valence-electron chi connectivity index (χ1n) is 7.10. The van der Waals surface area contributed by atoms with E-state index in [4.69, 9.17) is 9.47 Å². The van der Waals surface area contributed by atoms with E-state index >= 15 is 0 Å². The van der Waals surface area contributed by atoms with Crippen LogP contribution in [-0.2, 0) is 4.74 Å². The third-order valence-electron chi connectivity index (χ3n) is 3.51. The summed E-state index contributed by atoms with van der Waals surface area (Å²) in [7, 11) is 0. The molecule has 2 atom stereocenters. The highest BCUT2D eigenvalue weighted by molar-refractivity contribution is 5.38. The zero-order valence-electron chi connectivity index (χ0n) is 12.6. The molecule has 1 aromatic heterocycles. The van der Waals surface area contributed by atoms with Gasteiger partial charge in [0.2, 0.25) is 11.9 Å². The third kappa shape index (κ3) is 3.27. The van der Waals surface area contributed by atoms with Gasteiger partial charge < -0.3 is 20.1 Å². The number of nitrogens with one attached hydrogen (secondary N) is 2. The van der Waals surface area contributed by atoms with Crippen LogP contribution in [0.3, 0.4) is 0 Å². The molecule has 1 fully saturated rings. The Morgan fingerprint density at radius 2 is 2.05 bits per heavy atom. The third-order valence-corrected chi connectivity index (χ3v) is 3.51. The van der Waals surface area contributed by atoms with Gasteiger partial charge in [0.05, 0.1) is 18.2 Å². The van der Waals surface area contributed by atoms with E-state index in [-0.39, 0.29) is 11.6 Å². The molecule has 0 amide bonds. The lowest BCUT2D eigenvalue weighted by Gasteiger charge is -2.28. The molecule has 2 unspecified atom stereocenters. The lowest BCUT2D eigenvalue weighted by atomic mass is 9.95. The predicted octanol–water partition coefficient (Wildman–Crippen LogP) is 1.68. The molecule has 2 N–H and O–H groups in total. The van der Waals surface area contributed by atoms with Crippen LogP contribution >= 0.6 is 0 Å². The van der Waals surface area contributed by atoms with E-state index < -0.39 is 0 Å². The SMILES string of the molecule is CCNc1nc(NC2(C)CCOC2C)nc(OCC)n1. The van der Waals surface area contributed by atoms with Crippen LogP contribution in [0.2, 0.25) is 0 Å². The number of ether oxygens (including phenoxy) is 2. The van der Waals surface area contributed by atoms with Crippen molar-refractivity contribution >= 4 is 11.9 Å². The van der Waals surface area contributed by atoms with Crippen LogP contribution in [0.5, 0.6) is 6.01 Å². The lowest BCUT2D eigenvalue weighted by Crippen LogP contribution is -2.41. The van der Waals surface area contributed by atoms with Crippen molar-refractivity contribution in [2.24, 2.45) is 0 Å². The van der Waals surface area contributed by atoms with E-state index in [9.17, 15) is 0 Å². The van der Waals surface area contributed by atoms with E-state index in [1.807, 2.05) is 13.8 Å². The van der Waals surface area contributed by atoms with E-state index in [1.54, 1.807) is 0 Å². The molecule has 0 bridgehead atoms. The summed E-state index contributed by atoms with van der Waals surface area (Å²) in [4.78, 5) is 12.9. The van der Waals surface area contributed by atoms with Gasteiger partial charge in [-0.1, -0.05) is 0 Å². The second-order valence-corrected chi connectivity index (χ2v) is 5.03. The molecule has 0 aliphatic carbocycles. The maximum atomic E-state index is 5.62. The Bertz CT molecular complexity index is 432. The maximum absolute atomic E-state index is 5.62. The summed E-state index contributed by atoms with van der Waals surface area (Å²) in [5.74, 6) is 1.03. The fraction of sp³-hybridized carbons (Fsp3) is 0.769. The molecule has 7 heteroatoms. The smallest absolute Gasteiger partial charge is 0.323 e. The van der Waals surface area contributed by atoms with Gasteiger partial charge in [0, 0.05) is 13.2 Å². The lowest BCUT2D eigenvalue weighted by molar-refractivity contribution is 0.105. The normalized spacial score (nSPS) is 25.5. The zero-order valence-corrected chi connectivity index (χ0v) is 12.6. The Balaban J connectivity index is 2.21. The van der Waals surface area contributed by atoms with Crippen LogP contribution in [0.4, 0.5) is 11.9 Å². The van der Waals surface area contributed by atoms with Crippen LogP contribution in [0.15, 0.2) is 0 Å². The van der Waals surface area contributed by atoms with Gasteiger partial charge in [-0.2, -0.15) is 15.0 Å². The second kappa shape index (κ2) is 6.21. The quantitative estimate of drug-likeness (QED) is 0.821. The molecule has 0 spiro atoms. The number of nitrogens with zero attached hydrogens (tertiary/aromatic N) is 3. The van der Waals surface area contributed by atoms with Crippen molar-refractivity contribution < 1.29 is 9.47 Å². The summed E-state index contributed by atoms with van der Waals surface area (Å²) >= 11 is 0. The molecule has 7 nitrogen and oxygen atoms in total. The summed E-state index contributed by atoms with van der Waals surface area (Å²) in [5.41, 5.74) is -0.172. The number of anilines is 2. The van der Waals surface area contributed by atoms with Crippen molar-refractivity contribution in [1.82, 2.24) is 15.0 Å². The Morgan fingerprint density at radius 1 is 1.30 bits per heavy atom. The number of hydrogen-bond acceptors (Lipinski definition) is 7. The highest BCUT2D eigenvalue weighted by atomic mass is 16.5. The first-order chi connectivity index (χ1) is 9.57. The van der Waals surface area contributed by atoms with Crippen LogP contribution in [0.1, 0.15) is 34.1 Å². The summed E-state index contributed by atoms with van der Waals surface area (Å²) in [6.07, 6.45) is 1.03. The minimum atomic E-state index is -0.172. The van der Waals surface area contributed by atoms with Gasteiger partial charge in [-0.3, -0.25) is 0 Å². The molecular formula is C13H23N5O2. The van der Waals surface area contributed by atoms with Gasteiger partial charge in [-0.25, -0.2) is 0 Å². The van der Waals surface area contributed by atoms with E-state index in [0.29, 0.717) is 24.5 Å². The van der Waals surface area contributed by atoms with Gasteiger partial charge in [0.25, 0.3) is 0 Å². The summed E-state index contributed by atoms with van der Waals surface area (Å²) < 4.78 is 11.0. The van der Waals surface area contributed by atoms with Crippen LogP contribution in [-0.4, -0.2) is 46.4 Å². The molecule has 0 saturated carbocycles. The molecule has 1 saturated heterocycles. The fourth-order valence-electron chi connectivity index (χ4n) is 2.10. The van der Waals surface area contributed by atoms with Crippen LogP contribution in [0.25, 0.3) is 0 Å². The summed E-state index contributed by atoms with van der Waals surface area (Å²) in [6.45, 7) is 10.1. The minimum absolute atomic E-state index is 0.109. The summed E-state index contributed by atoms with van der Waals surface area (Å²) in [5, 5.41) is 6.44. The van der Waals surface area contributed by atoms with Crippen LogP contribution < -0.4 is 15.4 Å². The van der Waals surface area contributed by atoms with Gasteiger partial charge >= 0.3 is 6.01 Å².